The van der Waals surface area contributed by atoms with E-state index in [4.69, 9.17) is 11.2 Å². The lowest BCUT2D eigenvalue weighted by molar-refractivity contribution is 0.366. The van der Waals surface area contributed by atoms with E-state index in [0.29, 0.717) is 5.75 Å². The molecule has 1 heterocycles. The molecule has 12 heavy (non-hydrogen) atoms. The minimum absolute atomic E-state index is 0.252. The second-order valence-corrected chi connectivity index (χ2v) is 2.67. The van der Waals surface area contributed by atoms with Gasteiger partial charge in [0.05, 0.1) is 12.4 Å². The molecule has 0 bridgehead atoms. The number of rotatable bonds is 3. The van der Waals surface area contributed by atoms with Crippen LogP contribution < -0.4 is 4.74 Å². The van der Waals surface area contributed by atoms with E-state index >= 15 is 0 Å². The van der Waals surface area contributed by atoms with Gasteiger partial charge >= 0.3 is 0 Å². The lowest BCUT2D eigenvalue weighted by Gasteiger charge is -2.00. The van der Waals surface area contributed by atoms with Gasteiger partial charge in [0, 0.05) is 0 Å². The van der Waals surface area contributed by atoms with E-state index in [-0.39, 0.29) is 6.61 Å². The number of ether oxygens (including phenoxy) is 1. The molecule has 0 aliphatic rings. The molecule has 0 amide bonds. The quantitative estimate of drug-likeness (QED) is 0.398. The normalized spacial score (nSPS) is 9.00. The maximum Gasteiger partial charge on any atom is 0.187 e. The molecule has 0 fully saturated rings. The van der Waals surface area contributed by atoms with Gasteiger partial charge in [-0.25, -0.2) is 9.97 Å². The van der Waals surface area contributed by atoms with Gasteiger partial charge in [0.25, 0.3) is 0 Å². The van der Waals surface area contributed by atoms with Crippen molar-refractivity contribution in [2.75, 3.05) is 12.9 Å². The Morgan fingerprint density at radius 3 is 2.75 bits per heavy atom. The van der Waals surface area contributed by atoms with Gasteiger partial charge in [-0.3, -0.25) is 0 Å². The molecule has 62 valence electrons. The SMILES string of the molecule is C#CCOc1cnc(SC)nc1. The average molecular weight is 180 g/mol. The fourth-order valence-corrected chi connectivity index (χ4v) is 0.926. The maximum atomic E-state index is 5.08. The second kappa shape index (κ2) is 4.62. The van der Waals surface area contributed by atoms with E-state index in [1.807, 2.05) is 6.26 Å². The summed E-state index contributed by atoms with van der Waals surface area (Å²) in [7, 11) is 0. The molecule has 3 nitrogen and oxygen atoms in total. The van der Waals surface area contributed by atoms with Crippen LogP contribution >= 0.6 is 11.8 Å². The van der Waals surface area contributed by atoms with Crippen LogP contribution in [0.3, 0.4) is 0 Å². The first-order valence-corrected chi connectivity index (χ1v) is 4.51. The van der Waals surface area contributed by atoms with Crippen LogP contribution in [0.25, 0.3) is 0 Å². The summed E-state index contributed by atoms with van der Waals surface area (Å²) < 4.78 is 5.08. The molecule has 1 aromatic rings. The first kappa shape index (κ1) is 8.88. The maximum absolute atomic E-state index is 5.08. The highest BCUT2D eigenvalue weighted by atomic mass is 32.2. The fraction of sp³-hybridized carbons (Fsp3) is 0.250. The van der Waals surface area contributed by atoms with Gasteiger partial charge in [-0.15, -0.1) is 6.42 Å². The van der Waals surface area contributed by atoms with E-state index in [1.165, 1.54) is 11.8 Å². The second-order valence-electron chi connectivity index (χ2n) is 1.90. The van der Waals surface area contributed by atoms with Gasteiger partial charge in [-0.2, -0.15) is 0 Å². The largest absolute Gasteiger partial charge is 0.478 e. The summed E-state index contributed by atoms with van der Waals surface area (Å²) in [6, 6.07) is 0. The first-order chi connectivity index (χ1) is 5.86. The summed E-state index contributed by atoms with van der Waals surface area (Å²) in [4.78, 5) is 8.02. The van der Waals surface area contributed by atoms with Gasteiger partial charge in [-0.1, -0.05) is 17.7 Å². The zero-order valence-electron chi connectivity index (χ0n) is 6.65. The number of hydrogen-bond donors (Lipinski definition) is 0. The van der Waals surface area contributed by atoms with Crippen molar-refractivity contribution in [3.05, 3.63) is 12.4 Å². The highest BCUT2D eigenvalue weighted by molar-refractivity contribution is 7.98. The molecular formula is C8H8N2OS. The Labute approximate surface area is 75.6 Å². The Balaban J connectivity index is 2.60. The summed E-state index contributed by atoms with van der Waals surface area (Å²) in [5.41, 5.74) is 0. The van der Waals surface area contributed by atoms with Crippen LogP contribution in [0, 0.1) is 12.3 Å². The van der Waals surface area contributed by atoms with E-state index < -0.39 is 0 Å². The first-order valence-electron chi connectivity index (χ1n) is 3.29. The molecule has 0 saturated heterocycles. The topological polar surface area (TPSA) is 35.0 Å². The Bertz CT molecular complexity index is 278. The summed E-state index contributed by atoms with van der Waals surface area (Å²) in [5, 5.41) is 0.725. The molecule has 0 saturated carbocycles. The third kappa shape index (κ3) is 2.44. The molecule has 0 N–H and O–H groups in total. The number of nitrogens with zero attached hydrogens (tertiary/aromatic N) is 2. The molecule has 1 rings (SSSR count). The predicted octanol–water partition coefficient (Wildman–Crippen LogP) is 1.21. The molecule has 0 atom stereocenters. The molecule has 4 heteroatoms. The van der Waals surface area contributed by atoms with Crippen LogP contribution in [0.2, 0.25) is 0 Å². The zero-order valence-corrected chi connectivity index (χ0v) is 7.47. The van der Waals surface area contributed by atoms with Crippen LogP contribution in [0.4, 0.5) is 0 Å². The van der Waals surface area contributed by atoms with Gasteiger partial charge in [0.15, 0.2) is 10.9 Å². The molecule has 0 aromatic carbocycles. The average Bonchev–Trinajstić information content (AvgIpc) is 2.15. The van der Waals surface area contributed by atoms with Crippen molar-refractivity contribution in [1.82, 2.24) is 9.97 Å². The highest BCUT2D eigenvalue weighted by Gasteiger charge is 1.94. The Kier molecular flexibility index (Phi) is 3.42. The van der Waals surface area contributed by atoms with E-state index in [9.17, 15) is 0 Å². The van der Waals surface area contributed by atoms with Gasteiger partial charge < -0.3 is 4.74 Å². The molecule has 0 aliphatic carbocycles. The van der Waals surface area contributed by atoms with Gasteiger partial charge in [-0.05, 0) is 6.26 Å². The highest BCUT2D eigenvalue weighted by Crippen LogP contribution is 2.11. The van der Waals surface area contributed by atoms with Crippen molar-refractivity contribution in [2.45, 2.75) is 5.16 Å². The molecule has 0 spiro atoms. The fourth-order valence-electron chi connectivity index (χ4n) is 0.609. The van der Waals surface area contributed by atoms with Gasteiger partial charge in [0.1, 0.15) is 6.61 Å². The van der Waals surface area contributed by atoms with Crippen molar-refractivity contribution in [1.29, 1.82) is 0 Å². The zero-order chi connectivity index (χ0) is 8.81. The number of terminal acetylenes is 1. The number of hydrogen-bond acceptors (Lipinski definition) is 4. The molecule has 0 radical (unpaired) electrons. The van der Waals surface area contributed by atoms with Crippen molar-refractivity contribution >= 4 is 11.8 Å². The number of aromatic nitrogens is 2. The standard InChI is InChI=1S/C8H8N2OS/c1-3-4-11-7-5-9-8(12-2)10-6-7/h1,5-6H,4H2,2H3. The van der Waals surface area contributed by atoms with Crippen LogP contribution in [-0.2, 0) is 0 Å². The van der Waals surface area contributed by atoms with Crippen molar-refractivity contribution < 1.29 is 4.74 Å². The molecule has 0 aliphatic heterocycles. The van der Waals surface area contributed by atoms with Crippen molar-refractivity contribution in [3.63, 3.8) is 0 Å². The van der Waals surface area contributed by atoms with Crippen molar-refractivity contribution in [3.8, 4) is 18.1 Å². The smallest absolute Gasteiger partial charge is 0.187 e. The van der Waals surface area contributed by atoms with Gasteiger partial charge in [0.2, 0.25) is 0 Å². The van der Waals surface area contributed by atoms with E-state index in [1.54, 1.807) is 12.4 Å². The third-order valence-corrected chi connectivity index (χ3v) is 1.69. The lowest BCUT2D eigenvalue weighted by atomic mass is 10.6. The number of thioether (sulfide) groups is 1. The van der Waals surface area contributed by atoms with Crippen LogP contribution in [-0.4, -0.2) is 22.8 Å². The van der Waals surface area contributed by atoms with Crippen LogP contribution in [0.15, 0.2) is 17.6 Å². The summed E-state index contributed by atoms with van der Waals surface area (Å²) in [6.07, 6.45) is 10.1. The van der Waals surface area contributed by atoms with E-state index in [2.05, 4.69) is 15.9 Å². The Morgan fingerprint density at radius 2 is 2.25 bits per heavy atom. The summed E-state index contributed by atoms with van der Waals surface area (Å²) >= 11 is 1.48. The third-order valence-electron chi connectivity index (χ3n) is 1.11. The monoisotopic (exact) mass is 180 g/mol. The summed E-state index contributed by atoms with van der Waals surface area (Å²) in [6.45, 7) is 0.252. The van der Waals surface area contributed by atoms with Crippen LogP contribution in [0.5, 0.6) is 5.75 Å². The Hall–Kier alpha value is -1.21. The molecule has 1 aromatic heterocycles. The van der Waals surface area contributed by atoms with E-state index in [0.717, 1.165) is 5.16 Å². The predicted molar refractivity (Wildman–Crippen MR) is 48.1 cm³/mol. The van der Waals surface area contributed by atoms with Crippen LogP contribution in [0.1, 0.15) is 0 Å². The minimum Gasteiger partial charge on any atom is -0.478 e. The molecular weight excluding hydrogens is 172 g/mol. The van der Waals surface area contributed by atoms with Crippen molar-refractivity contribution in [2.24, 2.45) is 0 Å². The summed E-state index contributed by atoms with van der Waals surface area (Å²) in [5.74, 6) is 2.96. The molecule has 0 unspecified atom stereocenters. The minimum atomic E-state index is 0.252. The Morgan fingerprint density at radius 1 is 1.58 bits per heavy atom. The lowest BCUT2D eigenvalue weighted by Crippen LogP contribution is -1.95.